The first-order chi connectivity index (χ1) is 8.61. The predicted molar refractivity (Wildman–Crippen MR) is 64.0 cm³/mol. The molecule has 1 unspecified atom stereocenters. The Morgan fingerprint density at radius 3 is 2.78 bits per heavy atom. The molecule has 1 aliphatic heterocycles. The van der Waals surface area contributed by atoms with Gasteiger partial charge in [-0.1, -0.05) is 0 Å². The van der Waals surface area contributed by atoms with Crippen LogP contribution in [0.4, 0.5) is 0 Å². The van der Waals surface area contributed by atoms with Gasteiger partial charge in [0.05, 0.1) is 24.2 Å². The molecule has 6 nitrogen and oxygen atoms in total. The van der Waals surface area contributed by atoms with Crippen molar-refractivity contribution in [2.24, 2.45) is 0 Å². The molecule has 1 saturated heterocycles. The van der Waals surface area contributed by atoms with E-state index < -0.39 is 5.97 Å². The van der Waals surface area contributed by atoms with E-state index in [0.717, 1.165) is 11.3 Å². The Hall–Kier alpha value is -1.44. The van der Waals surface area contributed by atoms with Crippen LogP contribution in [-0.2, 0) is 4.74 Å². The van der Waals surface area contributed by atoms with Gasteiger partial charge in [-0.2, -0.15) is 0 Å². The van der Waals surface area contributed by atoms with Crippen molar-refractivity contribution in [3.8, 4) is 0 Å². The fourth-order valence-corrected chi connectivity index (χ4v) is 2.55. The van der Waals surface area contributed by atoms with Crippen LogP contribution in [0.5, 0.6) is 0 Å². The second kappa shape index (κ2) is 5.47. The van der Waals surface area contributed by atoms with E-state index >= 15 is 0 Å². The maximum atomic E-state index is 12.1. The fourth-order valence-electron chi connectivity index (χ4n) is 1.74. The normalized spacial score (nSPS) is 19.8. The summed E-state index contributed by atoms with van der Waals surface area (Å²) in [5, 5.41) is 17.8. The lowest BCUT2D eigenvalue weighted by Gasteiger charge is -2.31. The Bertz CT molecular complexity index is 458. The Morgan fingerprint density at radius 1 is 1.44 bits per heavy atom. The average molecular weight is 271 g/mol. The van der Waals surface area contributed by atoms with Crippen LogP contribution in [0.3, 0.4) is 0 Å². The van der Waals surface area contributed by atoms with Gasteiger partial charge in [-0.25, -0.2) is 4.79 Å². The summed E-state index contributed by atoms with van der Waals surface area (Å²) in [6, 6.07) is 2.93. The van der Waals surface area contributed by atoms with Crippen LogP contribution in [0, 0.1) is 0 Å². The lowest BCUT2D eigenvalue weighted by molar-refractivity contribution is -0.0446. The highest BCUT2D eigenvalue weighted by Gasteiger charge is 2.25. The monoisotopic (exact) mass is 271 g/mol. The molecule has 98 valence electrons. The average Bonchev–Trinajstić information content (AvgIpc) is 2.87. The molecular formula is C11H13NO5S. The highest BCUT2D eigenvalue weighted by Crippen LogP contribution is 2.19. The second-order valence-electron chi connectivity index (χ2n) is 3.90. The summed E-state index contributed by atoms with van der Waals surface area (Å²) in [5.74, 6) is -1.25. The molecule has 0 radical (unpaired) electrons. The Kier molecular flexibility index (Phi) is 3.95. The van der Waals surface area contributed by atoms with Crippen LogP contribution >= 0.6 is 11.3 Å². The minimum absolute atomic E-state index is 0.130. The van der Waals surface area contributed by atoms with E-state index in [0.29, 0.717) is 24.6 Å². The highest BCUT2D eigenvalue weighted by atomic mass is 32.1. The van der Waals surface area contributed by atoms with Gasteiger partial charge >= 0.3 is 5.97 Å². The number of aliphatic hydroxyl groups excluding tert-OH is 1. The number of amides is 1. The molecule has 0 aromatic carbocycles. The summed E-state index contributed by atoms with van der Waals surface area (Å²) in [6.45, 7) is 1.04. The number of carboxylic acids is 1. The largest absolute Gasteiger partial charge is 0.477 e. The second-order valence-corrected chi connectivity index (χ2v) is 4.98. The van der Waals surface area contributed by atoms with E-state index in [1.54, 1.807) is 4.90 Å². The topological polar surface area (TPSA) is 87.1 Å². The molecule has 1 amide bonds. The number of nitrogens with zero attached hydrogens (tertiary/aromatic N) is 1. The first-order valence-electron chi connectivity index (χ1n) is 5.46. The smallest absolute Gasteiger partial charge is 0.345 e. The van der Waals surface area contributed by atoms with Crippen LogP contribution in [0.2, 0.25) is 0 Å². The molecule has 18 heavy (non-hydrogen) atoms. The summed E-state index contributed by atoms with van der Waals surface area (Å²) >= 11 is 0.957. The molecule has 0 aliphatic carbocycles. The van der Waals surface area contributed by atoms with Crippen molar-refractivity contribution in [3.05, 3.63) is 21.9 Å². The van der Waals surface area contributed by atoms with Gasteiger partial charge in [-0.15, -0.1) is 11.3 Å². The number of thiophene rings is 1. The number of aromatic carboxylic acids is 1. The number of ether oxygens (including phenoxy) is 1. The van der Waals surface area contributed by atoms with Crippen molar-refractivity contribution in [2.75, 3.05) is 26.3 Å². The van der Waals surface area contributed by atoms with Gasteiger partial charge in [0.2, 0.25) is 0 Å². The zero-order chi connectivity index (χ0) is 13.1. The standard InChI is InChI=1S/C11H13NO5S/c13-6-7-5-12(3-4-17-7)10(14)8-1-2-9(18-8)11(15)16/h1-2,7,13H,3-6H2,(H,15,16). The molecular weight excluding hydrogens is 258 g/mol. The van der Waals surface area contributed by atoms with E-state index in [-0.39, 0.29) is 23.5 Å². The Balaban J connectivity index is 2.07. The lowest BCUT2D eigenvalue weighted by atomic mass is 10.2. The van der Waals surface area contributed by atoms with Crippen LogP contribution in [-0.4, -0.2) is 59.4 Å². The van der Waals surface area contributed by atoms with Gasteiger partial charge in [-0.05, 0) is 12.1 Å². The summed E-state index contributed by atoms with van der Waals surface area (Å²) < 4.78 is 5.25. The molecule has 0 saturated carbocycles. The first kappa shape index (κ1) is 13.0. The zero-order valence-electron chi connectivity index (χ0n) is 9.54. The third kappa shape index (κ3) is 2.69. The molecule has 1 aromatic rings. The molecule has 2 heterocycles. The van der Waals surface area contributed by atoms with Gasteiger partial charge in [-0.3, -0.25) is 4.79 Å². The van der Waals surface area contributed by atoms with Crippen molar-refractivity contribution < 1.29 is 24.5 Å². The molecule has 1 aliphatic rings. The molecule has 1 atom stereocenters. The fraction of sp³-hybridized carbons (Fsp3) is 0.455. The molecule has 0 spiro atoms. The minimum Gasteiger partial charge on any atom is -0.477 e. The first-order valence-corrected chi connectivity index (χ1v) is 6.28. The molecule has 1 fully saturated rings. The molecule has 2 N–H and O–H groups in total. The van der Waals surface area contributed by atoms with E-state index in [9.17, 15) is 9.59 Å². The summed E-state index contributed by atoms with van der Waals surface area (Å²) in [5.41, 5.74) is 0. The van der Waals surface area contributed by atoms with Crippen molar-refractivity contribution >= 4 is 23.2 Å². The highest BCUT2D eigenvalue weighted by molar-refractivity contribution is 7.15. The summed E-state index contributed by atoms with van der Waals surface area (Å²) in [7, 11) is 0. The van der Waals surface area contributed by atoms with Gasteiger partial charge in [0.1, 0.15) is 4.88 Å². The van der Waals surface area contributed by atoms with Gasteiger partial charge in [0.15, 0.2) is 0 Å². The number of carboxylic acid groups (broad SMARTS) is 1. The molecule has 2 rings (SSSR count). The number of morpholine rings is 1. The van der Waals surface area contributed by atoms with Crippen molar-refractivity contribution in [1.82, 2.24) is 4.90 Å². The van der Waals surface area contributed by atoms with E-state index in [2.05, 4.69) is 0 Å². The van der Waals surface area contributed by atoms with Crippen molar-refractivity contribution in [1.29, 1.82) is 0 Å². The third-order valence-corrected chi connectivity index (χ3v) is 3.72. The molecule has 1 aromatic heterocycles. The van der Waals surface area contributed by atoms with E-state index in [4.69, 9.17) is 14.9 Å². The molecule has 7 heteroatoms. The summed E-state index contributed by atoms with van der Waals surface area (Å²) in [4.78, 5) is 25.0. The number of carbonyl (C=O) groups excluding carboxylic acids is 1. The van der Waals surface area contributed by atoms with E-state index in [1.165, 1.54) is 12.1 Å². The Labute approximate surface area is 107 Å². The third-order valence-electron chi connectivity index (χ3n) is 2.66. The predicted octanol–water partition coefficient (Wildman–Crippen LogP) is 0.280. The quantitative estimate of drug-likeness (QED) is 0.824. The number of carbonyl (C=O) groups is 2. The summed E-state index contributed by atoms with van der Waals surface area (Å²) in [6.07, 6.45) is -0.360. The number of hydrogen-bond acceptors (Lipinski definition) is 5. The van der Waals surface area contributed by atoms with Crippen molar-refractivity contribution in [2.45, 2.75) is 6.10 Å². The van der Waals surface area contributed by atoms with Crippen LogP contribution in [0.25, 0.3) is 0 Å². The maximum absolute atomic E-state index is 12.1. The van der Waals surface area contributed by atoms with Crippen LogP contribution in [0.1, 0.15) is 19.3 Å². The van der Waals surface area contributed by atoms with Gasteiger partial charge in [0, 0.05) is 13.1 Å². The van der Waals surface area contributed by atoms with Crippen LogP contribution < -0.4 is 0 Å². The van der Waals surface area contributed by atoms with E-state index in [1.807, 2.05) is 0 Å². The minimum atomic E-state index is -1.03. The van der Waals surface area contributed by atoms with Crippen LogP contribution in [0.15, 0.2) is 12.1 Å². The number of hydrogen-bond donors (Lipinski definition) is 2. The van der Waals surface area contributed by atoms with Gasteiger partial charge in [0.25, 0.3) is 5.91 Å². The number of rotatable bonds is 3. The molecule has 0 bridgehead atoms. The SMILES string of the molecule is O=C(O)c1ccc(C(=O)N2CCOC(CO)C2)s1. The zero-order valence-corrected chi connectivity index (χ0v) is 10.4. The lowest BCUT2D eigenvalue weighted by Crippen LogP contribution is -2.46. The van der Waals surface area contributed by atoms with Crippen molar-refractivity contribution in [3.63, 3.8) is 0 Å². The Morgan fingerprint density at radius 2 is 2.17 bits per heavy atom. The number of aliphatic hydroxyl groups is 1. The van der Waals surface area contributed by atoms with Gasteiger partial charge < -0.3 is 19.8 Å². The maximum Gasteiger partial charge on any atom is 0.345 e.